The molecule has 1 amide bonds. The van der Waals surface area contributed by atoms with E-state index in [9.17, 15) is 4.79 Å². The Balaban J connectivity index is 1.20. The predicted molar refractivity (Wildman–Crippen MR) is 123 cm³/mol. The van der Waals surface area contributed by atoms with Crippen molar-refractivity contribution >= 4 is 28.3 Å². The van der Waals surface area contributed by atoms with Crippen molar-refractivity contribution in [3.8, 4) is 5.75 Å². The molecule has 0 aliphatic rings. The second-order valence-corrected chi connectivity index (χ2v) is 8.46. The molecule has 0 aliphatic heterocycles. The maximum Gasteiger partial charge on any atom is 0.226 e. The van der Waals surface area contributed by atoms with E-state index in [1.807, 2.05) is 61.7 Å². The molecule has 160 valence electrons. The number of hydrogen-bond donors (Lipinski definition) is 1. The summed E-state index contributed by atoms with van der Waals surface area (Å²) in [6.07, 6.45) is 1.13. The average molecular weight is 435 g/mol. The summed E-state index contributed by atoms with van der Waals surface area (Å²) >= 11 is 1.52. The molecule has 2 heterocycles. The first-order valence-electron chi connectivity index (χ1n) is 10.4. The number of hydrogen-bond acceptors (Lipinski definition) is 5. The van der Waals surface area contributed by atoms with Gasteiger partial charge in [-0.05, 0) is 44.5 Å². The molecule has 0 radical (unpaired) electrons. The van der Waals surface area contributed by atoms with Crippen LogP contribution >= 0.6 is 11.3 Å². The minimum absolute atomic E-state index is 0.0106. The summed E-state index contributed by atoms with van der Waals surface area (Å²) in [5, 5.41) is 5.79. The van der Waals surface area contributed by atoms with E-state index in [0.717, 1.165) is 46.3 Å². The highest BCUT2D eigenvalue weighted by molar-refractivity contribution is 7.09. The van der Waals surface area contributed by atoms with Gasteiger partial charge >= 0.3 is 0 Å². The maximum absolute atomic E-state index is 12.3. The van der Waals surface area contributed by atoms with Gasteiger partial charge in [-0.2, -0.15) is 0 Å². The van der Waals surface area contributed by atoms with Gasteiger partial charge in [0.05, 0.1) is 23.1 Å². The number of ether oxygens (including phenoxy) is 1. The summed E-state index contributed by atoms with van der Waals surface area (Å²) in [5.41, 5.74) is 4.12. The predicted octanol–water partition coefficient (Wildman–Crippen LogP) is 4.44. The lowest BCUT2D eigenvalue weighted by Crippen LogP contribution is -2.27. The first kappa shape index (κ1) is 21.1. The quantitative estimate of drug-likeness (QED) is 0.396. The van der Waals surface area contributed by atoms with Gasteiger partial charge in [-0.1, -0.05) is 29.8 Å². The molecule has 4 rings (SSSR count). The van der Waals surface area contributed by atoms with E-state index in [1.165, 1.54) is 16.9 Å². The Bertz CT molecular complexity index is 1160. The Morgan fingerprint density at radius 1 is 1.10 bits per heavy atom. The smallest absolute Gasteiger partial charge is 0.226 e. The summed E-state index contributed by atoms with van der Waals surface area (Å²) in [6, 6.07) is 16.1. The first-order chi connectivity index (χ1) is 15.1. The highest BCUT2D eigenvalue weighted by Gasteiger charge is 2.09. The van der Waals surface area contributed by atoms with Crippen molar-refractivity contribution in [3.05, 3.63) is 76.0 Å². The summed E-state index contributed by atoms with van der Waals surface area (Å²) < 4.78 is 7.96. The van der Waals surface area contributed by atoms with E-state index in [1.54, 1.807) is 0 Å². The van der Waals surface area contributed by atoms with Gasteiger partial charge in [-0.15, -0.1) is 11.3 Å². The average Bonchev–Trinajstić information content (AvgIpc) is 3.34. The third kappa shape index (κ3) is 5.49. The van der Waals surface area contributed by atoms with Gasteiger partial charge in [0.1, 0.15) is 23.2 Å². The SMILES string of the molecule is Cc1ccc(OCc2nc(CC(=O)NCCCn3c(C)nc4ccccc43)cs2)cc1. The number of carbonyl (C=O) groups excluding carboxylic acids is 1. The van der Waals surface area contributed by atoms with E-state index in [2.05, 4.69) is 25.9 Å². The number of para-hydroxylation sites is 2. The number of nitrogens with one attached hydrogen (secondary N) is 1. The second-order valence-electron chi connectivity index (χ2n) is 7.51. The van der Waals surface area contributed by atoms with Crippen LogP contribution in [0.1, 0.15) is 28.5 Å². The minimum Gasteiger partial charge on any atom is -0.486 e. The third-order valence-electron chi connectivity index (χ3n) is 5.05. The number of aryl methyl sites for hydroxylation is 3. The number of thiazole rings is 1. The molecule has 0 atom stereocenters. The molecule has 0 saturated carbocycles. The van der Waals surface area contributed by atoms with Gasteiger partial charge in [0.2, 0.25) is 5.91 Å². The zero-order valence-electron chi connectivity index (χ0n) is 17.8. The summed E-state index contributed by atoms with van der Waals surface area (Å²) in [4.78, 5) is 21.4. The summed E-state index contributed by atoms with van der Waals surface area (Å²) in [5.74, 6) is 1.81. The van der Waals surface area contributed by atoms with Crippen molar-refractivity contribution in [2.45, 2.75) is 39.8 Å². The van der Waals surface area contributed by atoms with Gasteiger partial charge in [-0.25, -0.2) is 9.97 Å². The van der Waals surface area contributed by atoms with E-state index >= 15 is 0 Å². The molecular weight excluding hydrogens is 408 g/mol. The number of rotatable bonds is 9. The van der Waals surface area contributed by atoms with E-state index < -0.39 is 0 Å². The Morgan fingerprint density at radius 2 is 1.90 bits per heavy atom. The van der Waals surface area contributed by atoms with Crippen LogP contribution in [0.15, 0.2) is 53.9 Å². The van der Waals surface area contributed by atoms with Crippen LogP contribution in [0.3, 0.4) is 0 Å². The molecule has 6 nitrogen and oxygen atoms in total. The number of nitrogens with zero attached hydrogens (tertiary/aromatic N) is 3. The molecule has 2 aromatic heterocycles. The summed E-state index contributed by atoms with van der Waals surface area (Å²) in [7, 11) is 0. The molecule has 7 heteroatoms. The van der Waals surface area contributed by atoms with Crippen LogP contribution < -0.4 is 10.1 Å². The fraction of sp³-hybridized carbons (Fsp3) is 0.292. The maximum atomic E-state index is 12.3. The second kappa shape index (κ2) is 9.75. The van der Waals surface area contributed by atoms with Gasteiger partial charge in [0, 0.05) is 18.5 Å². The van der Waals surface area contributed by atoms with E-state index in [4.69, 9.17) is 4.74 Å². The monoisotopic (exact) mass is 434 g/mol. The highest BCUT2D eigenvalue weighted by atomic mass is 32.1. The van der Waals surface area contributed by atoms with Crippen molar-refractivity contribution < 1.29 is 9.53 Å². The molecule has 0 spiro atoms. The van der Waals surface area contributed by atoms with Crippen LogP contribution in [0.5, 0.6) is 5.75 Å². The largest absolute Gasteiger partial charge is 0.486 e. The van der Waals surface area contributed by atoms with Gasteiger partial charge in [0.25, 0.3) is 0 Å². The molecule has 0 aliphatic carbocycles. The molecule has 0 saturated heterocycles. The van der Waals surface area contributed by atoms with Crippen LogP contribution in [-0.4, -0.2) is 27.0 Å². The Labute approximate surface area is 185 Å². The number of benzene rings is 2. The molecule has 4 aromatic rings. The molecule has 0 unspecified atom stereocenters. The number of carbonyl (C=O) groups is 1. The number of amides is 1. The molecule has 31 heavy (non-hydrogen) atoms. The number of aromatic nitrogens is 3. The van der Waals surface area contributed by atoms with Gasteiger partial charge < -0.3 is 14.6 Å². The molecule has 0 bridgehead atoms. The summed E-state index contributed by atoms with van der Waals surface area (Å²) in [6.45, 7) is 5.92. The van der Waals surface area contributed by atoms with Crippen molar-refractivity contribution in [3.63, 3.8) is 0 Å². The fourth-order valence-corrected chi connectivity index (χ4v) is 4.15. The van der Waals surface area contributed by atoms with Crippen LogP contribution in [-0.2, 0) is 24.4 Å². The van der Waals surface area contributed by atoms with Crippen LogP contribution in [0.25, 0.3) is 11.0 Å². The standard InChI is InChI=1S/C24H26N4O2S/c1-17-8-10-20(11-9-17)30-15-24-27-19(16-31-24)14-23(29)25-12-5-13-28-18(2)26-21-6-3-4-7-22(21)28/h3-4,6-11,16H,5,12-15H2,1-2H3,(H,25,29). The van der Waals surface area contributed by atoms with E-state index in [0.29, 0.717) is 13.2 Å². The molecule has 0 fully saturated rings. The fourth-order valence-electron chi connectivity index (χ4n) is 3.45. The van der Waals surface area contributed by atoms with E-state index in [-0.39, 0.29) is 12.3 Å². The Kier molecular flexibility index (Phi) is 6.62. The van der Waals surface area contributed by atoms with Crippen LogP contribution in [0.4, 0.5) is 0 Å². The zero-order chi connectivity index (χ0) is 21.6. The highest BCUT2D eigenvalue weighted by Crippen LogP contribution is 2.17. The topological polar surface area (TPSA) is 69.0 Å². The van der Waals surface area contributed by atoms with Crippen LogP contribution in [0.2, 0.25) is 0 Å². The minimum atomic E-state index is -0.0106. The lowest BCUT2D eigenvalue weighted by molar-refractivity contribution is -0.120. The van der Waals surface area contributed by atoms with Crippen molar-refractivity contribution in [1.29, 1.82) is 0 Å². The lowest BCUT2D eigenvalue weighted by atomic mass is 10.2. The normalized spacial score (nSPS) is 11.0. The van der Waals surface area contributed by atoms with Crippen molar-refractivity contribution in [2.75, 3.05) is 6.54 Å². The lowest BCUT2D eigenvalue weighted by Gasteiger charge is -2.08. The molecule has 1 N–H and O–H groups in total. The Hall–Kier alpha value is -3.19. The van der Waals surface area contributed by atoms with Crippen molar-refractivity contribution in [2.24, 2.45) is 0 Å². The van der Waals surface area contributed by atoms with Crippen molar-refractivity contribution in [1.82, 2.24) is 19.9 Å². The van der Waals surface area contributed by atoms with Crippen LogP contribution in [0, 0.1) is 13.8 Å². The van der Waals surface area contributed by atoms with Gasteiger partial charge in [-0.3, -0.25) is 4.79 Å². The third-order valence-corrected chi connectivity index (χ3v) is 5.92. The number of imidazole rings is 1. The number of fused-ring (bicyclic) bond motifs is 1. The van der Waals surface area contributed by atoms with Gasteiger partial charge in [0.15, 0.2) is 0 Å². The molecular formula is C24H26N4O2S. The zero-order valence-corrected chi connectivity index (χ0v) is 18.6. The Morgan fingerprint density at radius 3 is 2.74 bits per heavy atom. The molecule has 2 aromatic carbocycles. The first-order valence-corrected chi connectivity index (χ1v) is 11.3.